The number of anilines is 3. The fourth-order valence-electron chi connectivity index (χ4n) is 4.18. The molecule has 38 heavy (non-hydrogen) atoms. The molecule has 2 aliphatic rings. The number of halogens is 3. The van der Waals surface area contributed by atoms with Crippen LogP contribution < -0.4 is 25.8 Å². The molecule has 0 aromatic carbocycles. The van der Waals surface area contributed by atoms with Crippen molar-refractivity contribution in [3.05, 3.63) is 42.2 Å². The van der Waals surface area contributed by atoms with Crippen molar-refractivity contribution in [2.45, 2.75) is 51.1 Å². The molecule has 2 atom stereocenters. The van der Waals surface area contributed by atoms with Gasteiger partial charge in [-0.2, -0.15) is 13.2 Å². The molecule has 2 bridgehead atoms. The van der Waals surface area contributed by atoms with Crippen LogP contribution in [-0.4, -0.2) is 71.5 Å². The van der Waals surface area contributed by atoms with Crippen molar-refractivity contribution >= 4 is 35.4 Å². The van der Waals surface area contributed by atoms with Crippen LogP contribution in [0.15, 0.2) is 36.5 Å². The summed E-state index contributed by atoms with van der Waals surface area (Å²) in [7, 11) is 0. The molecule has 0 radical (unpaired) electrons. The first-order valence-corrected chi connectivity index (χ1v) is 11.9. The maximum absolute atomic E-state index is 13.6. The van der Waals surface area contributed by atoms with Gasteiger partial charge in [-0.25, -0.2) is 19.6 Å². The summed E-state index contributed by atoms with van der Waals surface area (Å²) < 4.78 is 45.9. The number of alkyl carbamates (subject to hydrolysis) is 1. The number of amides is 4. The van der Waals surface area contributed by atoms with Crippen molar-refractivity contribution < 1.29 is 32.3 Å². The van der Waals surface area contributed by atoms with Gasteiger partial charge in [0, 0.05) is 19.3 Å². The third-order valence-electron chi connectivity index (χ3n) is 5.85. The van der Waals surface area contributed by atoms with Gasteiger partial charge in [-0.3, -0.25) is 15.0 Å². The van der Waals surface area contributed by atoms with Gasteiger partial charge in [-0.05, 0) is 51.5 Å². The zero-order valence-corrected chi connectivity index (χ0v) is 21.0. The normalized spacial score (nSPS) is 17.4. The van der Waals surface area contributed by atoms with Gasteiger partial charge in [-0.1, -0.05) is 6.07 Å². The number of hydrogen-bond acceptors (Lipinski definition) is 7. The lowest BCUT2D eigenvalue weighted by molar-refractivity contribution is -0.152. The van der Waals surface area contributed by atoms with Crippen LogP contribution in [0.5, 0.6) is 0 Å². The molecule has 4 heterocycles. The standard InChI is InChI=1S/C24H28F3N7O4/c1-23(2,3)38-22(37)29-12-17(24(25,26)27)31-20(35)15-7-8-16-19(30-15)34(14-9-11-33(16)13-14)21(36)32-18-6-4-5-10-28-18/h4-8,10,14,17H,9,11-13H2,1-3H3,(H,29,37)(H,31,35)(H,28,32,36). The van der Waals surface area contributed by atoms with E-state index in [1.807, 2.05) is 15.5 Å². The van der Waals surface area contributed by atoms with E-state index in [0.29, 0.717) is 31.0 Å². The van der Waals surface area contributed by atoms with Crippen LogP contribution in [0.3, 0.4) is 0 Å². The van der Waals surface area contributed by atoms with Crippen molar-refractivity contribution in [1.82, 2.24) is 20.6 Å². The van der Waals surface area contributed by atoms with Crippen LogP contribution in [-0.2, 0) is 4.74 Å². The Morgan fingerprint density at radius 3 is 2.58 bits per heavy atom. The summed E-state index contributed by atoms with van der Waals surface area (Å²) in [6.07, 6.45) is -3.74. The molecule has 2 aromatic rings. The average molecular weight is 536 g/mol. The number of urea groups is 1. The minimum atomic E-state index is -4.86. The van der Waals surface area contributed by atoms with Crippen molar-refractivity contribution in [3.63, 3.8) is 0 Å². The molecule has 14 heteroatoms. The number of alkyl halides is 3. The van der Waals surface area contributed by atoms with Crippen molar-refractivity contribution in [2.75, 3.05) is 34.8 Å². The predicted molar refractivity (Wildman–Crippen MR) is 132 cm³/mol. The molecule has 1 saturated heterocycles. The van der Waals surface area contributed by atoms with Crippen LogP contribution in [0.25, 0.3) is 0 Å². The van der Waals surface area contributed by atoms with E-state index in [-0.39, 0.29) is 17.6 Å². The lowest BCUT2D eigenvalue weighted by atomic mass is 10.1. The van der Waals surface area contributed by atoms with E-state index < -0.39 is 42.4 Å². The van der Waals surface area contributed by atoms with Gasteiger partial charge in [0.1, 0.15) is 23.2 Å². The highest BCUT2D eigenvalue weighted by Crippen LogP contribution is 2.39. The Hall–Kier alpha value is -4.10. The highest BCUT2D eigenvalue weighted by Gasteiger charge is 2.43. The maximum atomic E-state index is 13.6. The number of nitrogens with zero attached hydrogens (tertiary/aromatic N) is 4. The molecule has 2 aliphatic heterocycles. The smallest absolute Gasteiger partial charge is 0.410 e. The zero-order valence-electron chi connectivity index (χ0n) is 21.0. The molecular weight excluding hydrogens is 507 g/mol. The number of carbonyl (C=O) groups is 3. The largest absolute Gasteiger partial charge is 0.444 e. The third kappa shape index (κ3) is 6.23. The van der Waals surface area contributed by atoms with Crippen LogP contribution in [0.1, 0.15) is 37.7 Å². The van der Waals surface area contributed by atoms with E-state index in [9.17, 15) is 27.6 Å². The van der Waals surface area contributed by atoms with Gasteiger partial charge >= 0.3 is 18.3 Å². The van der Waals surface area contributed by atoms with Gasteiger partial charge in [0.2, 0.25) is 0 Å². The summed E-state index contributed by atoms with van der Waals surface area (Å²) in [5.74, 6) is -0.631. The number of rotatable bonds is 5. The van der Waals surface area contributed by atoms with Gasteiger partial charge in [0.05, 0.1) is 18.3 Å². The Labute approximate surface area is 216 Å². The first-order chi connectivity index (χ1) is 17.8. The molecule has 204 valence electrons. The number of ether oxygens (including phenoxy) is 1. The molecule has 2 unspecified atom stereocenters. The number of pyridine rings is 2. The van der Waals surface area contributed by atoms with E-state index in [2.05, 4.69) is 15.3 Å². The SMILES string of the molecule is CC(C)(C)OC(=O)NCC(NC(=O)c1ccc2c(n1)N(C(=O)Nc1ccccn1)C1CCN2C1)C(F)(F)F. The van der Waals surface area contributed by atoms with Crippen LogP contribution >= 0.6 is 0 Å². The van der Waals surface area contributed by atoms with E-state index in [4.69, 9.17) is 4.74 Å². The number of fused-ring (bicyclic) bond motifs is 4. The first kappa shape index (κ1) is 26.9. The lowest BCUT2D eigenvalue weighted by Crippen LogP contribution is -2.53. The van der Waals surface area contributed by atoms with E-state index in [0.717, 1.165) is 0 Å². The third-order valence-corrected chi connectivity index (χ3v) is 5.85. The van der Waals surface area contributed by atoms with E-state index in [1.54, 1.807) is 45.0 Å². The molecule has 2 aromatic heterocycles. The molecule has 0 aliphatic carbocycles. The Morgan fingerprint density at radius 2 is 1.92 bits per heavy atom. The summed E-state index contributed by atoms with van der Waals surface area (Å²) in [6.45, 7) is 4.98. The first-order valence-electron chi connectivity index (χ1n) is 11.9. The second kappa shape index (κ2) is 10.3. The molecule has 4 rings (SSSR count). The molecular formula is C24H28F3N7O4. The molecule has 0 saturated carbocycles. The minimum absolute atomic E-state index is 0.162. The predicted octanol–water partition coefficient (Wildman–Crippen LogP) is 3.29. The molecule has 11 nitrogen and oxygen atoms in total. The molecule has 4 amide bonds. The second-order valence-electron chi connectivity index (χ2n) is 9.89. The molecule has 0 spiro atoms. The number of nitrogens with one attached hydrogen (secondary N) is 3. The molecule has 1 fully saturated rings. The van der Waals surface area contributed by atoms with Gasteiger partial charge in [-0.15, -0.1) is 0 Å². The monoisotopic (exact) mass is 535 g/mol. The highest BCUT2D eigenvalue weighted by atomic mass is 19.4. The minimum Gasteiger partial charge on any atom is -0.444 e. The topological polar surface area (TPSA) is 129 Å². The van der Waals surface area contributed by atoms with Crippen molar-refractivity contribution in [2.24, 2.45) is 0 Å². The quantitative estimate of drug-likeness (QED) is 0.536. The number of carbonyl (C=O) groups excluding carboxylic acids is 3. The van der Waals surface area contributed by atoms with Crippen molar-refractivity contribution in [1.29, 1.82) is 0 Å². The average Bonchev–Trinajstić information content (AvgIpc) is 3.24. The van der Waals surface area contributed by atoms with E-state index >= 15 is 0 Å². The van der Waals surface area contributed by atoms with E-state index in [1.165, 1.54) is 17.2 Å². The van der Waals surface area contributed by atoms with Crippen LogP contribution in [0.4, 0.5) is 40.1 Å². The van der Waals surface area contributed by atoms with Crippen LogP contribution in [0, 0.1) is 0 Å². The Bertz CT molecular complexity index is 1200. The number of hydrogen-bond donors (Lipinski definition) is 3. The molecule has 3 N–H and O–H groups in total. The summed E-state index contributed by atoms with van der Waals surface area (Å²) in [5, 5.41) is 6.60. The Balaban J connectivity index is 1.53. The number of aromatic nitrogens is 2. The van der Waals surface area contributed by atoms with Crippen molar-refractivity contribution in [3.8, 4) is 0 Å². The maximum Gasteiger partial charge on any atom is 0.410 e. The van der Waals surface area contributed by atoms with Gasteiger partial charge in [0.25, 0.3) is 5.91 Å². The fraction of sp³-hybridized carbons (Fsp3) is 0.458. The zero-order chi connectivity index (χ0) is 27.7. The van der Waals surface area contributed by atoms with Gasteiger partial charge in [0.15, 0.2) is 5.82 Å². The lowest BCUT2D eigenvalue weighted by Gasteiger charge is -2.35. The second-order valence-corrected chi connectivity index (χ2v) is 9.89. The fourth-order valence-corrected chi connectivity index (χ4v) is 4.18. The Kier molecular flexibility index (Phi) is 7.33. The summed E-state index contributed by atoms with van der Waals surface area (Å²) in [5.41, 5.74) is -0.628. The summed E-state index contributed by atoms with van der Waals surface area (Å²) in [4.78, 5) is 49.6. The Morgan fingerprint density at radius 1 is 1.16 bits per heavy atom. The van der Waals surface area contributed by atoms with Crippen LogP contribution in [0.2, 0.25) is 0 Å². The summed E-state index contributed by atoms with van der Waals surface area (Å²) in [6, 6.07) is 4.73. The summed E-state index contributed by atoms with van der Waals surface area (Å²) >= 11 is 0. The highest BCUT2D eigenvalue weighted by molar-refractivity contribution is 6.05. The van der Waals surface area contributed by atoms with Gasteiger partial charge < -0.3 is 20.3 Å².